The lowest BCUT2D eigenvalue weighted by atomic mass is 9.92. The van der Waals surface area contributed by atoms with E-state index in [0.29, 0.717) is 5.56 Å². The summed E-state index contributed by atoms with van der Waals surface area (Å²) in [5.41, 5.74) is 3.60. The third-order valence-electron chi connectivity index (χ3n) is 3.98. The third kappa shape index (κ3) is 3.99. The smallest absolute Gasteiger partial charge is 0.257 e. The molecule has 23 heavy (non-hydrogen) atoms. The molecule has 2 rings (SSSR count). The molecule has 0 aromatic heterocycles. The van der Waals surface area contributed by atoms with Crippen molar-refractivity contribution < 1.29 is 9.90 Å². The number of anilines is 1. The number of amides is 1. The van der Waals surface area contributed by atoms with Crippen LogP contribution in [0.25, 0.3) is 0 Å². The van der Waals surface area contributed by atoms with Gasteiger partial charge in [0.2, 0.25) is 0 Å². The van der Waals surface area contributed by atoms with Crippen LogP contribution >= 0.6 is 0 Å². The van der Waals surface area contributed by atoms with Crippen molar-refractivity contribution in [1.82, 2.24) is 0 Å². The summed E-state index contributed by atoms with van der Waals surface area (Å²) in [7, 11) is 0. The second kappa shape index (κ2) is 7.42. The number of hydrogen-bond donors (Lipinski definition) is 2. The van der Waals surface area contributed by atoms with Crippen LogP contribution in [0, 0.1) is 0 Å². The quantitative estimate of drug-likeness (QED) is 0.847. The number of aliphatic hydroxyl groups is 1. The van der Waals surface area contributed by atoms with Gasteiger partial charge < -0.3 is 10.4 Å². The molecule has 1 atom stereocenters. The van der Waals surface area contributed by atoms with E-state index in [4.69, 9.17) is 0 Å². The van der Waals surface area contributed by atoms with Gasteiger partial charge in [-0.3, -0.25) is 4.79 Å². The van der Waals surface area contributed by atoms with Crippen LogP contribution in [0.1, 0.15) is 62.3 Å². The summed E-state index contributed by atoms with van der Waals surface area (Å²) in [4.78, 5) is 12.5. The SMILES string of the molecule is CC(C)c1cccc(C(C)C)c1NC(=O)[C@H](O)c1ccccc1. The number of nitrogens with one attached hydrogen (secondary N) is 1. The summed E-state index contributed by atoms with van der Waals surface area (Å²) in [6, 6.07) is 15.1. The molecule has 0 spiro atoms. The van der Waals surface area contributed by atoms with Gasteiger partial charge in [-0.05, 0) is 28.5 Å². The molecule has 0 radical (unpaired) electrons. The Labute approximate surface area is 138 Å². The van der Waals surface area contributed by atoms with Crippen molar-refractivity contribution in [2.75, 3.05) is 5.32 Å². The van der Waals surface area contributed by atoms with E-state index in [9.17, 15) is 9.90 Å². The second-order valence-corrected chi connectivity index (χ2v) is 6.42. The Hall–Kier alpha value is -2.13. The van der Waals surface area contributed by atoms with Crippen LogP contribution in [0.4, 0.5) is 5.69 Å². The molecule has 3 nitrogen and oxygen atoms in total. The van der Waals surface area contributed by atoms with Crippen molar-refractivity contribution in [3.63, 3.8) is 0 Å². The Morgan fingerprint density at radius 2 is 1.39 bits per heavy atom. The molecule has 0 unspecified atom stereocenters. The fourth-order valence-electron chi connectivity index (χ4n) is 2.67. The van der Waals surface area contributed by atoms with Crippen molar-refractivity contribution in [1.29, 1.82) is 0 Å². The first-order valence-electron chi connectivity index (χ1n) is 8.08. The molecule has 2 aromatic rings. The zero-order valence-electron chi connectivity index (χ0n) is 14.2. The number of rotatable bonds is 5. The zero-order valence-corrected chi connectivity index (χ0v) is 14.2. The monoisotopic (exact) mass is 311 g/mol. The molecule has 1 amide bonds. The summed E-state index contributed by atoms with van der Waals surface area (Å²) < 4.78 is 0. The first kappa shape index (κ1) is 17.2. The van der Waals surface area contributed by atoms with Crippen LogP contribution in [0.5, 0.6) is 0 Å². The van der Waals surface area contributed by atoms with Gasteiger partial charge in [0.05, 0.1) is 0 Å². The van der Waals surface area contributed by atoms with Gasteiger partial charge in [0, 0.05) is 5.69 Å². The van der Waals surface area contributed by atoms with E-state index >= 15 is 0 Å². The molecule has 0 fully saturated rings. The van der Waals surface area contributed by atoms with Crippen molar-refractivity contribution in [3.8, 4) is 0 Å². The topological polar surface area (TPSA) is 49.3 Å². The van der Waals surface area contributed by atoms with Gasteiger partial charge in [0.15, 0.2) is 6.10 Å². The second-order valence-electron chi connectivity index (χ2n) is 6.42. The highest BCUT2D eigenvalue weighted by atomic mass is 16.3. The average Bonchev–Trinajstić information content (AvgIpc) is 2.54. The van der Waals surface area contributed by atoms with Crippen molar-refractivity contribution in [3.05, 3.63) is 65.2 Å². The molecule has 0 aliphatic carbocycles. The largest absolute Gasteiger partial charge is 0.378 e. The minimum atomic E-state index is -1.17. The Morgan fingerprint density at radius 1 is 0.870 bits per heavy atom. The van der Waals surface area contributed by atoms with Crippen LogP contribution in [-0.2, 0) is 4.79 Å². The normalized spacial score (nSPS) is 12.5. The molecule has 122 valence electrons. The number of para-hydroxylation sites is 1. The summed E-state index contributed by atoms with van der Waals surface area (Å²) in [6.45, 7) is 8.40. The Kier molecular flexibility index (Phi) is 5.56. The lowest BCUT2D eigenvalue weighted by molar-refractivity contribution is -0.124. The Bertz CT molecular complexity index is 636. The van der Waals surface area contributed by atoms with Gasteiger partial charge >= 0.3 is 0 Å². The molecule has 3 heteroatoms. The average molecular weight is 311 g/mol. The number of aliphatic hydroxyl groups excluding tert-OH is 1. The van der Waals surface area contributed by atoms with Gasteiger partial charge in [-0.25, -0.2) is 0 Å². The van der Waals surface area contributed by atoms with Crippen LogP contribution < -0.4 is 5.32 Å². The summed E-state index contributed by atoms with van der Waals surface area (Å²) >= 11 is 0. The first-order chi connectivity index (χ1) is 10.9. The third-order valence-corrected chi connectivity index (χ3v) is 3.98. The van der Waals surface area contributed by atoms with E-state index < -0.39 is 12.0 Å². The van der Waals surface area contributed by atoms with E-state index in [-0.39, 0.29) is 11.8 Å². The molecule has 0 saturated carbocycles. The highest BCUT2D eigenvalue weighted by molar-refractivity contribution is 5.96. The fraction of sp³-hybridized carbons (Fsp3) is 0.350. The van der Waals surface area contributed by atoms with E-state index in [0.717, 1.165) is 16.8 Å². The number of carbonyl (C=O) groups excluding carboxylic acids is 1. The maximum absolute atomic E-state index is 12.5. The first-order valence-corrected chi connectivity index (χ1v) is 8.08. The van der Waals surface area contributed by atoms with Crippen LogP contribution in [0.3, 0.4) is 0 Å². The maximum atomic E-state index is 12.5. The van der Waals surface area contributed by atoms with E-state index in [1.807, 2.05) is 36.4 Å². The number of carbonyl (C=O) groups is 1. The van der Waals surface area contributed by atoms with Crippen LogP contribution in [0.2, 0.25) is 0 Å². The van der Waals surface area contributed by atoms with Gasteiger partial charge in [0.1, 0.15) is 0 Å². The van der Waals surface area contributed by atoms with Gasteiger partial charge in [-0.1, -0.05) is 76.2 Å². The van der Waals surface area contributed by atoms with Gasteiger partial charge in [-0.15, -0.1) is 0 Å². The van der Waals surface area contributed by atoms with Gasteiger partial charge in [0.25, 0.3) is 5.91 Å². The van der Waals surface area contributed by atoms with Crippen molar-refractivity contribution in [2.24, 2.45) is 0 Å². The molecule has 0 heterocycles. The Balaban J connectivity index is 2.33. The highest BCUT2D eigenvalue weighted by Gasteiger charge is 2.21. The summed E-state index contributed by atoms with van der Waals surface area (Å²) in [5.74, 6) is 0.182. The molecule has 0 aliphatic heterocycles. The standard InChI is InChI=1S/C20H25NO2/c1-13(2)16-11-8-12-17(14(3)4)18(16)21-20(23)19(22)15-9-6-5-7-10-15/h5-14,19,22H,1-4H3,(H,21,23)/t19-/m1/s1. The molecule has 0 aliphatic rings. The lowest BCUT2D eigenvalue weighted by Gasteiger charge is -2.21. The lowest BCUT2D eigenvalue weighted by Crippen LogP contribution is -2.22. The van der Waals surface area contributed by atoms with Crippen molar-refractivity contribution >= 4 is 11.6 Å². The molecular formula is C20H25NO2. The fourth-order valence-corrected chi connectivity index (χ4v) is 2.67. The van der Waals surface area contributed by atoms with Crippen molar-refractivity contribution in [2.45, 2.75) is 45.6 Å². The molecule has 0 saturated heterocycles. The van der Waals surface area contributed by atoms with Gasteiger partial charge in [-0.2, -0.15) is 0 Å². The number of benzene rings is 2. The number of hydrogen-bond acceptors (Lipinski definition) is 2. The molecule has 0 bridgehead atoms. The molecule has 2 aromatic carbocycles. The zero-order chi connectivity index (χ0) is 17.0. The van der Waals surface area contributed by atoms with E-state index in [1.165, 1.54) is 0 Å². The van der Waals surface area contributed by atoms with Crippen LogP contribution in [-0.4, -0.2) is 11.0 Å². The van der Waals surface area contributed by atoms with E-state index in [2.05, 4.69) is 33.0 Å². The highest BCUT2D eigenvalue weighted by Crippen LogP contribution is 2.33. The summed E-state index contributed by atoms with van der Waals surface area (Å²) in [6.07, 6.45) is -1.17. The maximum Gasteiger partial charge on any atom is 0.257 e. The predicted molar refractivity (Wildman–Crippen MR) is 94.7 cm³/mol. The summed E-state index contributed by atoms with van der Waals surface area (Å²) in [5, 5.41) is 13.2. The minimum absolute atomic E-state index is 0.290. The van der Waals surface area contributed by atoms with E-state index in [1.54, 1.807) is 12.1 Å². The minimum Gasteiger partial charge on any atom is -0.378 e. The molecular weight excluding hydrogens is 286 g/mol. The molecule has 2 N–H and O–H groups in total. The van der Waals surface area contributed by atoms with Crippen LogP contribution in [0.15, 0.2) is 48.5 Å². The predicted octanol–water partition coefficient (Wildman–Crippen LogP) is 4.61. The Morgan fingerprint density at radius 3 is 1.87 bits per heavy atom.